The van der Waals surface area contributed by atoms with Crippen LogP contribution in [0.25, 0.3) is 0 Å². The minimum Gasteiger partial charge on any atom is -0.393 e. The molecule has 5 saturated carbocycles. The summed E-state index contributed by atoms with van der Waals surface area (Å²) in [5.74, 6) is 3.28. The molecule has 0 unspecified atom stereocenters. The SMILES string of the molecule is C[C@@]12CC[C@H]3C[C@@]31[C@@H](O)C[C@H]1[C@H]2CC[C@]2(C)C(=O)CC[C@H]12. The molecule has 116 valence electrons. The van der Waals surface area contributed by atoms with Crippen LogP contribution in [0.3, 0.4) is 0 Å². The lowest BCUT2D eigenvalue weighted by molar-refractivity contribution is -0.154. The molecule has 2 heteroatoms. The van der Waals surface area contributed by atoms with Crippen LogP contribution in [0.4, 0.5) is 0 Å². The van der Waals surface area contributed by atoms with Crippen LogP contribution in [0.5, 0.6) is 0 Å². The van der Waals surface area contributed by atoms with Gasteiger partial charge in [0, 0.05) is 17.3 Å². The van der Waals surface area contributed by atoms with Crippen LogP contribution in [0.15, 0.2) is 0 Å². The van der Waals surface area contributed by atoms with E-state index >= 15 is 0 Å². The summed E-state index contributed by atoms with van der Waals surface area (Å²) in [5.41, 5.74) is 0.598. The Hall–Kier alpha value is -0.370. The number of fused-ring (bicyclic) bond motifs is 4. The maximum absolute atomic E-state index is 12.4. The summed E-state index contributed by atoms with van der Waals surface area (Å²) in [7, 11) is 0. The van der Waals surface area contributed by atoms with Crippen molar-refractivity contribution in [3.05, 3.63) is 0 Å². The van der Waals surface area contributed by atoms with Gasteiger partial charge in [-0.25, -0.2) is 0 Å². The first-order valence-electron chi connectivity index (χ1n) is 9.15. The second-order valence-corrected chi connectivity index (χ2v) is 9.44. The third-order valence-corrected chi connectivity index (χ3v) is 9.28. The van der Waals surface area contributed by atoms with Gasteiger partial charge in [0.25, 0.3) is 0 Å². The number of Topliss-reactive ketones (excluding diaryl/α,β-unsaturated/α-hetero) is 1. The molecule has 0 saturated heterocycles. The van der Waals surface area contributed by atoms with Gasteiger partial charge < -0.3 is 5.11 Å². The Morgan fingerprint density at radius 2 is 1.90 bits per heavy atom. The van der Waals surface area contributed by atoms with E-state index in [-0.39, 0.29) is 16.9 Å². The van der Waals surface area contributed by atoms with Crippen LogP contribution in [0.2, 0.25) is 0 Å². The molecular weight excluding hydrogens is 260 g/mol. The van der Waals surface area contributed by atoms with E-state index in [0.717, 1.165) is 37.5 Å². The minimum atomic E-state index is -0.0886. The Kier molecular flexibility index (Phi) is 2.23. The fourth-order valence-corrected chi connectivity index (χ4v) is 8.08. The molecule has 0 aromatic heterocycles. The van der Waals surface area contributed by atoms with Gasteiger partial charge in [0.2, 0.25) is 0 Å². The zero-order valence-electron chi connectivity index (χ0n) is 13.4. The van der Waals surface area contributed by atoms with Crippen molar-refractivity contribution in [2.75, 3.05) is 0 Å². The standard InChI is InChI=1S/C19H28O2/c1-17-7-6-14-12(13(17)3-4-15(17)20)9-16(21)19-10-11(19)5-8-18(14,19)2/h11-14,16,21H,3-10H2,1-2H3/t11-,12+,13+,14+,16-,17-,18-,19-/m0/s1. The molecule has 0 aliphatic heterocycles. The van der Waals surface area contributed by atoms with Gasteiger partial charge in [0.15, 0.2) is 0 Å². The fraction of sp³-hybridized carbons (Fsp3) is 0.947. The first-order chi connectivity index (χ1) is 9.93. The predicted molar refractivity (Wildman–Crippen MR) is 80.6 cm³/mol. The van der Waals surface area contributed by atoms with Gasteiger partial charge in [-0.3, -0.25) is 4.79 Å². The molecule has 2 nitrogen and oxygen atoms in total. The molecule has 1 N–H and O–H groups in total. The lowest BCUT2D eigenvalue weighted by atomic mass is 9.46. The summed E-state index contributed by atoms with van der Waals surface area (Å²) in [6, 6.07) is 0. The Bertz CT molecular complexity index is 528. The maximum Gasteiger partial charge on any atom is 0.139 e. The van der Waals surface area contributed by atoms with Gasteiger partial charge in [-0.1, -0.05) is 13.8 Å². The van der Waals surface area contributed by atoms with Crippen LogP contribution < -0.4 is 0 Å². The van der Waals surface area contributed by atoms with E-state index in [9.17, 15) is 9.90 Å². The van der Waals surface area contributed by atoms with E-state index in [1.807, 2.05) is 0 Å². The molecule has 5 aliphatic rings. The van der Waals surface area contributed by atoms with Crippen LogP contribution in [-0.2, 0) is 4.79 Å². The summed E-state index contributed by atoms with van der Waals surface area (Å²) < 4.78 is 0. The molecule has 0 heterocycles. The first-order valence-corrected chi connectivity index (χ1v) is 9.15. The van der Waals surface area contributed by atoms with Crippen LogP contribution in [-0.4, -0.2) is 17.0 Å². The van der Waals surface area contributed by atoms with Gasteiger partial charge in [-0.15, -0.1) is 0 Å². The number of carbonyl (C=O) groups is 1. The van der Waals surface area contributed by atoms with E-state index in [0.29, 0.717) is 23.0 Å². The topological polar surface area (TPSA) is 37.3 Å². The maximum atomic E-state index is 12.4. The highest BCUT2D eigenvalue weighted by molar-refractivity contribution is 5.87. The molecule has 5 aliphatic carbocycles. The summed E-state index contributed by atoms with van der Waals surface area (Å²) in [6.07, 6.45) is 9.10. The van der Waals surface area contributed by atoms with Crippen molar-refractivity contribution in [2.45, 2.75) is 71.3 Å². The zero-order chi connectivity index (χ0) is 14.6. The van der Waals surface area contributed by atoms with E-state index in [2.05, 4.69) is 13.8 Å². The number of aliphatic hydroxyl groups excluding tert-OH is 1. The molecule has 0 radical (unpaired) electrons. The third-order valence-electron chi connectivity index (χ3n) is 9.28. The van der Waals surface area contributed by atoms with E-state index in [4.69, 9.17) is 0 Å². The molecule has 21 heavy (non-hydrogen) atoms. The average Bonchev–Trinajstić information content (AvgIpc) is 3.01. The number of carbonyl (C=O) groups excluding carboxylic acids is 1. The van der Waals surface area contributed by atoms with Crippen LogP contribution in [0.1, 0.15) is 65.2 Å². The summed E-state index contributed by atoms with van der Waals surface area (Å²) in [5, 5.41) is 11.0. The number of rotatable bonds is 0. The predicted octanol–water partition coefficient (Wildman–Crippen LogP) is 3.57. The highest BCUT2D eigenvalue weighted by atomic mass is 16.3. The van der Waals surface area contributed by atoms with Crippen molar-refractivity contribution in [3.8, 4) is 0 Å². The van der Waals surface area contributed by atoms with Crippen LogP contribution in [0, 0.1) is 39.9 Å². The lowest BCUT2D eigenvalue weighted by Crippen LogP contribution is -2.56. The molecule has 0 bridgehead atoms. The molecule has 8 atom stereocenters. The Balaban J connectivity index is 1.57. The van der Waals surface area contributed by atoms with Crippen molar-refractivity contribution < 1.29 is 9.90 Å². The highest BCUT2D eigenvalue weighted by Crippen LogP contribution is 2.81. The van der Waals surface area contributed by atoms with Gasteiger partial charge in [0.1, 0.15) is 5.78 Å². The lowest BCUT2D eigenvalue weighted by Gasteiger charge is -2.59. The molecule has 0 aromatic rings. The highest BCUT2D eigenvalue weighted by Gasteiger charge is 2.77. The van der Waals surface area contributed by atoms with Crippen molar-refractivity contribution >= 4 is 5.78 Å². The second kappa shape index (κ2) is 3.58. The first kappa shape index (κ1) is 13.1. The second-order valence-electron chi connectivity index (χ2n) is 9.44. The monoisotopic (exact) mass is 288 g/mol. The van der Waals surface area contributed by atoms with Gasteiger partial charge >= 0.3 is 0 Å². The molecular formula is C19H28O2. The fourth-order valence-electron chi connectivity index (χ4n) is 8.08. The normalized spacial score (nSPS) is 64.5. The van der Waals surface area contributed by atoms with E-state index in [1.165, 1.54) is 25.7 Å². The number of hydrogen-bond acceptors (Lipinski definition) is 2. The minimum absolute atomic E-state index is 0.0523. The Morgan fingerprint density at radius 1 is 1.10 bits per heavy atom. The Labute approximate surface area is 127 Å². The average molecular weight is 288 g/mol. The quantitative estimate of drug-likeness (QED) is 0.740. The van der Waals surface area contributed by atoms with Gasteiger partial charge in [-0.05, 0) is 74.0 Å². The summed E-state index contributed by atoms with van der Waals surface area (Å²) in [4.78, 5) is 12.4. The Morgan fingerprint density at radius 3 is 2.67 bits per heavy atom. The van der Waals surface area contributed by atoms with Crippen molar-refractivity contribution in [1.29, 1.82) is 0 Å². The van der Waals surface area contributed by atoms with Crippen LogP contribution >= 0.6 is 0 Å². The van der Waals surface area contributed by atoms with Gasteiger partial charge in [0.05, 0.1) is 6.10 Å². The van der Waals surface area contributed by atoms with Crippen molar-refractivity contribution in [3.63, 3.8) is 0 Å². The third kappa shape index (κ3) is 1.22. The van der Waals surface area contributed by atoms with E-state index < -0.39 is 0 Å². The molecule has 0 amide bonds. The number of ketones is 1. The number of aliphatic hydroxyl groups is 1. The molecule has 5 rings (SSSR count). The van der Waals surface area contributed by atoms with Gasteiger partial charge in [-0.2, -0.15) is 0 Å². The largest absolute Gasteiger partial charge is 0.393 e. The summed E-state index contributed by atoms with van der Waals surface area (Å²) in [6.45, 7) is 4.73. The van der Waals surface area contributed by atoms with Crippen molar-refractivity contribution in [2.24, 2.45) is 39.9 Å². The number of hydrogen-bond donors (Lipinski definition) is 1. The van der Waals surface area contributed by atoms with E-state index in [1.54, 1.807) is 0 Å². The zero-order valence-corrected chi connectivity index (χ0v) is 13.4. The molecule has 5 fully saturated rings. The molecule has 1 spiro atoms. The molecule has 0 aromatic carbocycles. The smallest absolute Gasteiger partial charge is 0.139 e. The summed E-state index contributed by atoms with van der Waals surface area (Å²) >= 11 is 0. The van der Waals surface area contributed by atoms with Crippen molar-refractivity contribution in [1.82, 2.24) is 0 Å².